The maximum absolute atomic E-state index is 13.9. The van der Waals surface area contributed by atoms with Crippen molar-refractivity contribution in [2.24, 2.45) is 0 Å². The number of aryl methyl sites for hydroxylation is 1. The number of anilines is 1. The molecule has 1 heterocycles. The van der Waals surface area contributed by atoms with Gasteiger partial charge in [0.25, 0.3) is 0 Å². The van der Waals surface area contributed by atoms with Gasteiger partial charge in [-0.3, -0.25) is 0 Å². The minimum atomic E-state index is -0.232. The van der Waals surface area contributed by atoms with Crippen LogP contribution < -0.4 is 19.7 Å². The molecule has 0 aliphatic carbocycles. The molecule has 28 heavy (non-hydrogen) atoms. The molecule has 0 atom stereocenters. The number of methoxy groups -OCH3 is 1. The van der Waals surface area contributed by atoms with Crippen LogP contribution in [0.2, 0.25) is 0 Å². The molecule has 1 saturated heterocycles. The second kappa shape index (κ2) is 9.30. The first kappa shape index (κ1) is 19.8. The van der Waals surface area contributed by atoms with Gasteiger partial charge >= 0.3 is 6.03 Å². The van der Waals surface area contributed by atoms with Gasteiger partial charge in [-0.15, -0.1) is 0 Å². The summed E-state index contributed by atoms with van der Waals surface area (Å²) in [5.74, 6) is 1.10. The number of carbonyl (C=O) groups is 1. The molecule has 1 aliphatic rings. The Kier molecular flexibility index (Phi) is 6.57. The largest absolute Gasteiger partial charge is 0.493 e. The second-order valence-electron chi connectivity index (χ2n) is 6.66. The molecule has 2 amide bonds. The lowest BCUT2D eigenvalue weighted by Crippen LogP contribution is -2.52. The van der Waals surface area contributed by atoms with Gasteiger partial charge in [0, 0.05) is 26.2 Å². The van der Waals surface area contributed by atoms with Crippen LogP contribution in [0.4, 0.5) is 14.9 Å². The van der Waals surface area contributed by atoms with Crippen LogP contribution in [0, 0.1) is 12.7 Å². The van der Waals surface area contributed by atoms with Crippen molar-refractivity contribution >= 4 is 11.7 Å². The van der Waals surface area contributed by atoms with E-state index in [-0.39, 0.29) is 11.8 Å². The molecular formula is C21H26FN3O3. The van der Waals surface area contributed by atoms with Gasteiger partial charge in [-0.2, -0.15) is 0 Å². The number of carbonyl (C=O) groups excluding carboxylic acids is 1. The number of amides is 2. The lowest BCUT2D eigenvalue weighted by molar-refractivity contribution is 0.191. The molecule has 0 spiro atoms. The molecule has 0 unspecified atom stereocenters. The van der Waals surface area contributed by atoms with E-state index in [0.29, 0.717) is 56.5 Å². The van der Waals surface area contributed by atoms with Crippen molar-refractivity contribution < 1.29 is 18.7 Å². The molecule has 150 valence electrons. The van der Waals surface area contributed by atoms with Gasteiger partial charge in [-0.05, 0) is 36.8 Å². The predicted molar refractivity (Wildman–Crippen MR) is 107 cm³/mol. The van der Waals surface area contributed by atoms with E-state index < -0.39 is 0 Å². The van der Waals surface area contributed by atoms with E-state index in [0.717, 1.165) is 5.56 Å². The standard InChI is InChI=1S/C21H26FN3O3/c1-16-7-8-19(20(15-16)27-2)28-14-9-23-21(26)25-12-10-24(11-13-25)18-6-4-3-5-17(18)22/h3-8,15H,9-14H2,1-2H3,(H,23,26). The Balaban J connectivity index is 1.41. The number of halogens is 1. The van der Waals surface area contributed by atoms with E-state index in [2.05, 4.69) is 5.32 Å². The van der Waals surface area contributed by atoms with Crippen molar-refractivity contribution in [3.8, 4) is 11.5 Å². The zero-order valence-electron chi connectivity index (χ0n) is 16.3. The van der Waals surface area contributed by atoms with Crippen molar-refractivity contribution in [2.75, 3.05) is 51.3 Å². The number of hydrogen-bond acceptors (Lipinski definition) is 4. The highest BCUT2D eigenvalue weighted by Crippen LogP contribution is 2.27. The first-order chi connectivity index (χ1) is 13.6. The summed E-state index contributed by atoms with van der Waals surface area (Å²) in [6.45, 7) is 5.03. The molecule has 1 fully saturated rings. The van der Waals surface area contributed by atoms with Crippen LogP contribution in [0.25, 0.3) is 0 Å². The maximum Gasteiger partial charge on any atom is 0.317 e. The van der Waals surface area contributed by atoms with Crippen LogP contribution in [-0.2, 0) is 0 Å². The van der Waals surface area contributed by atoms with Gasteiger partial charge in [-0.25, -0.2) is 9.18 Å². The fourth-order valence-corrected chi connectivity index (χ4v) is 3.18. The zero-order chi connectivity index (χ0) is 19.9. The van der Waals surface area contributed by atoms with Crippen molar-refractivity contribution in [1.82, 2.24) is 10.2 Å². The molecule has 0 saturated carbocycles. The number of hydrogen-bond donors (Lipinski definition) is 1. The fourth-order valence-electron chi connectivity index (χ4n) is 3.18. The molecule has 1 N–H and O–H groups in total. The highest BCUT2D eigenvalue weighted by molar-refractivity contribution is 5.74. The van der Waals surface area contributed by atoms with Crippen LogP contribution in [-0.4, -0.2) is 57.4 Å². The average molecular weight is 387 g/mol. The van der Waals surface area contributed by atoms with E-state index in [4.69, 9.17) is 9.47 Å². The number of piperazine rings is 1. The van der Waals surface area contributed by atoms with E-state index in [9.17, 15) is 9.18 Å². The van der Waals surface area contributed by atoms with Crippen molar-refractivity contribution in [2.45, 2.75) is 6.92 Å². The van der Waals surface area contributed by atoms with Crippen molar-refractivity contribution in [3.05, 3.63) is 53.8 Å². The highest BCUT2D eigenvalue weighted by atomic mass is 19.1. The molecule has 2 aromatic carbocycles. The summed E-state index contributed by atoms with van der Waals surface area (Å²) in [7, 11) is 1.60. The number of benzene rings is 2. The Labute approximate surface area is 164 Å². The second-order valence-corrected chi connectivity index (χ2v) is 6.66. The Morgan fingerprint density at radius 1 is 1.11 bits per heavy atom. The Morgan fingerprint density at radius 3 is 2.57 bits per heavy atom. The number of urea groups is 1. The van der Waals surface area contributed by atoms with Gasteiger partial charge < -0.3 is 24.6 Å². The van der Waals surface area contributed by atoms with Gasteiger partial charge in [0.15, 0.2) is 11.5 Å². The van der Waals surface area contributed by atoms with Crippen molar-refractivity contribution in [1.29, 1.82) is 0 Å². The summed E-state index contributed by atoms with van der Waals surface area (Å²) >= 11 is 0. The molecule has 0 bridgehead atoms. The molecular weight excluding hydrogens is 361 g/mol. The first-order valence-electron chi connectivity index (χ1n) is 9.38. The molecule has 1 aliphatic heterocycles. The number of nitrogens with zero attached hydrogens (tertiary/aromatic N) is 2. The first-order valence-corrected chi connectivity index (χ1v) is 9.38. The fraction of sp³-hybridized carbons (Fsp3) is 0.381. The number of ether oxygens (including phenoxy) is 2. The molecule has 0 aromatic heterocycles. The Bertz CT molecular complexity index is 807. The summed E-state index contributed by atoms with van der Waals surface area (Å²) in [5, 5.41) is 2.87. The Hall–Kier alpha value is -2.96. The Morgan fingerprint density at radius 2 is 1.86 bits per heavy atom. The monoisotopic (exact) mass is 387 g/mol. The van der Waals surface area contributed by atoms with Gasteiger partial charge in [-0.1, -0.05) is 18.2 Å². The SMILES string of the molecule is COc1cc(C)ccc1OCCNC(=O)N1CCN(c2ccccc2F)CC1. The third-order valence-corrected chi connectivity index (χ3v) is 4.72. The van der Waals surface area contributed by atoms with E-state index in [1.165, 1.54) is 6.07 Å². The highest BCUT2D eigenvalue weighted by Gasteiger charge is 2.22. The summed E-state index contributed by atoms with van der Waals surface area (Å²) in [4.78, 5) is 16.0. The van der Waals surface area contributed by atoms with Crippen LogP contribution >= 0.6 is 0 Å². The summed E-state index contributed by atoms with van der Waals surface area (Å²) < 4.78 is 24.9. The van der Waals surface area contributed by atoms with E-state index in [1.807, 2.05) is 36.1 Å². The third kappa shape index (κ3) is 4.85. The molecule has 3 rings (SSSR count). The molecule has 2 aromatic rings. The number of para-hydroxylation sites is 1. The van der Waals surface area contributed by atoms with E-state index >= 15 is 0 Å². The van der Waals surface area contributed by atoms with Crippen LogP contribution in [0.3, 0.4) is 0 Å². The van der Waals surface area contributed by atoms with Crippen molar-refractivity contribution in [3.63, 3.8) is 0 Å². The zero-order valence-corrected chi connectivity index (χ0v) is 16.3. The number of rotatable bonds is 6. The van der Waals surface area contributed by atoms with Gasteiger partial charge in [0.2, 0.25) is 0 Å². The summed E-state index contributed by atoms with van der Waals surface area (Å²) in [5.41, 5.74) is 1.68. The van der Waals surface area contributed by atoms with Crippen LogP contribution in [0.1, 0.15) is 5.56 Å². The molecule has 6 nitrogen and oxygen atoms in total. The molecule has 0 radical (unpaired) electrons. The van der Waals surface area contributed by atoms with E-state index in [1.54, 1.807) is 24.1 Å². The minimum absolute atomic E-state index is 0.132. The lowest BCUT2D eigenvalue weighted by Gasteiger charge is -2.36. The summed E-state index contributed by atoms with van der Waals surface area (Å²) in [6, 6.07) is 12.3. The van der Waals surface area contributed by atoms with Crippen LogP contribution in [0.15, 0.2) is 42.5 Å². The smallest absolute Gasteiger partial charge is 0.317 e. The molecule has 7 heteroatoms. The van der Waals surface area contributed by atoms with Gasteiger partial charge in [0.05, 0.1) is 19.3 Å². The van der Waals surface area contributed by atoms with Gasteiger partial charge in [0.1, 0.15) is 12.4 Å². The summed E-state index contributed by atoms with van der Waals surface area (Å²) in [6.07, 6.45) is 0. The maximum atomic E-state index is 13.9. The predicted octanol–water partition coefficient (Wildman–Crippen LogP) is 3.05. The van der Waals surface area contributed by atoms with Crippen LogP contribution in [0.5, 0.6) is 11.5 Å². The minimum Gasteiger partial charge on any atom is -0.493 e. The lowest BCUT2D eigenvalue weighted by atomic mass is 10.2. The topological polar surface area (TPSA) is 54.0 Å². The number of nitrogens with one attached hydrogen (secondary N) is 1. The quantitative estimate of drug-likeness (QED) is 0.774. The third-order valence-electron chi connectivity index (χ3n) is 4.72. The normalized spacial score (nSPS) is 14.0. The average Bonchev–Trinajstić information content (AvgIpc) is 2.72.